The largest absolute Gasteiger partial charge is 0.378 e. The van der Waals surface area contributed by atoms with Gasteiger partial charge in [0, 0.05) is 31.5 Å². The second-order valence-corrected chi connectivity index (χ2v) is 7.07. The number of rotatable bonds is 5. The van der Waals surface area contributed by atoms with E-state index in [1.807, 2.05) is 29.9 Å². The lowest BCUT2D eigenvalue weighted by atomic mass is 10.2. The summed E-state index contributed by atoms with van der Waals surface area (Å²) in [6.07, 6.45) is 2.20. The summed E-state index contributed by atoms with van der Waals surface area (Å²) < 4.78 is 27.5. The molecule has 2 atom stereocenters. The summed E-state index contributed by atoms with van der Waals surface area (Å²) in [5.41, 5.74) is 1.80. The number of aryl methyl sites for hydroxylation is 1. The molecule has 2 aliphatic heterocycles. The van der Waals surface area contributed by atoms with Gasteiger partial charge in [0.1, 0.15) is 5.82 Å². The quantitative estimate of drug-likeness (QED) is 0.883. The molecule has 0 radical (unpaired) electrons. The smallest absolute Gasteiger partial charge is 0.125 e. The minimum atomic E-state index is -0.245. The molecule has 7 heteroatoms. The van der Waals surface area contributed by atoms with Crippen molar-refractivity contribution in [1.82, 2.24) is 14.7 Å². The fourth-order valence-corrected chi connectivity index (χ4v) is 3.58. The molecule has 1 N–H and O–H groups in total. The summed E-state index contributed by atoms with van der Waals surface area (Å²) in [4.78, 5) is 2.37. The minimum absolute atomic E-state index is 0.0305. The molecular formula is C19H25FN4O2. The van der Waals surface area contributed by atoms with Crippen molar-refractivity contribution in [2.45, 2.75) is 31.7 Å². The highest BCUT2D eigenvalue weighted by Gasteiger charge is 2.37. The summed E-state index contributed by atoms with van der Waals surface area (Å²) in [5.74, 6) is -0.245. The molecule has 0 amide bonds. The second-order valence-electron chi connectivity index (χ2n) is 7.07. The molecule has 0 saturated carbocycles. The normalized spacial score (nSPS) is 24.4. The number of nitrogens with one attached hydrogen (secondary N) is 1. The van der Waals surface area contributed by atoms with Gasteiger partial charge in [-0.1, -0.05) is 6.07 Å². The molecule has 2 aromatic rings. The molecule has 140 valence electrons. The van der Waals surface area contributed by atoms with Crippen molar-refractivity contribution >= 4 is 5.69 Å². The molecule has 0 aliphatic carbocycles. The Kier molecular flexibility index (Phi) is 5.19. The Morgan fingerprint density at radius 1 is 1.15 bits per heavy atom. The van der Waals surface area contributed by atoms with Gasteiger partial charge in [0.15, 0.2) is 0 Å². The molecule has 2 fully saturated rings. The van der Waals surface area contributed by atoms with Crippen LogP contribution in [0.1, 0.15) is 5.69 Å². The highest BCUT2D eigenvalue weighted by atomic mass is 19.1. The van der Waals surface area contributed by atoms with Crippen LogP contribution in [0.4, 0.5) is 10.1 Å². The predicted molar refractivity (Wildman–Crippen MR) is 96.7 cm³/mol. The monoisotopic (exact) mass is 360 g/mol. The topological polar surface area (TPSA) is 51.5 Å². The molecule has 1 aromatic carbocycles. The number of ether oxygens (including phenoxy) is 2. The number of likely N-dealkylation sites (tertiary alicyclic amines) is 1. The molecule has 0 bridgehead atoms. The van der Waals surface area contributed by atoms with E-state index in [0.717, 1.165) is 37.6 Å². The first-order valence-corrected chi connectivity index (χ1v) is 9.13. The third kappa shape index (κ3) is 4.23. The molecule has 1 aromatic heterocycles. The maximum absolute atomic E-state index is 13.3. The zero-order chi connectivity index (χ0) is 17.9. The number of halogens is 1. The minimum Gasteiger partial charge on any atom is -0.378 e. The van der Waals surface area contributed by atoms with Crippen molar-refractivity contribution in [3.05, 3.63) is 48.0 Å². The van der Waals surface area contributed by atoms with Crippen LogP contribution in [0.25, 0.3) is 0 Å². The summed E-state index contributed by atoms with van der Waals surface area (Å²) in [6.45, 7) is 6.67. The van der Waals surface area contributed by atoms with E-state index >= 15 is 0 Å². The number of nitrogens with zero attached hydrogens (tertiary/aromatic N) is 3. The standard InChI is InChI=1S/C19H25FN4O2/c1-14-5-6-24(22-14)8-7-23-10-18-19(11-23)26-13-17(12-25-18)21-16-4-2-3-15(20)9-16/h2-6,9,17-19,21H,7-8,10-13H2,1H3/t18-,19-/m0/s1. The zero-order valence-corrected chi connectivity index (χ0v) is 15.0. The van der Waals surface area contributed by atoms with Gasteiger partial charge in [0.05, 0.1) is 43.7 Å². The van der Waals surface area contributed by atoms with Crippen LogP contribution < -0.4 is 5.32 Å². The van der Waals surface area contributed by atoms with E-state index in [-0.39, 0.29) is 24.1 Å². The average molecular weight is 360 g/mol. The molecule has 2 saturated heterocycles. The Balaban J connectivity index is 1.26. The molecular weight excluding hydrogens is 335 g/mol. The molecule has 4 rings (SSSR count). The fraction of sp³-hybridized carbons (Fsp3) is 0.526. The van der Waals surface area contributed by atoms with Crippen molar-refractivity contribution in [3.63, 3.8) is 0 Å². The number of benzene rings is 1. The highest BCUT2D eigenvalue weighted by molar-refractivity contribution is 5.44. The van der Waals surface area contributed by atoms with E-state index in [4.69, 9.17) is 9.47 Å². The van der Waals surface area contributed by atoms with Crippen LogP contribution in [0, 0.1) is 12.7 Å². The van der Waals surface area contributed by atoms with Crippen molar-refractivity contribution in [2.24, 2.45) is 0 Å². The van der Waals surface area contributed by atoms with Gasteiger partial charge in [-0.05, 0) is 31.2 Å². The lowest BCUT2D eigenvalue weighted by molar-refractivity contribution is -0.00461. The van der Waals surface area contributed by atoms with E-state index in [2.05, 4.69) is 15.3 Å². The summed E-state index contributed by atoms with van der Waals surface area (Å²) in [7, 11) is 0. The third-order valence-electron chi connectivity index (χ3n) is 4.93. The van der Waals surface area contributed by atoms with Gasteiger partial charge in [-0.2, -0.15) is 5.10 Å². The van der Waals surface area contributed by atoms with Crippen LogP contribution >= 0.6 is 0 Å². The molecule has 0 unspecified atom stereocenters. The van der Waals surface area contributed by atoms with Crippen molar-refractivity contribution in [1.29, 1.82) is 0 Å². The van der Waals surface area contributed by atoms with Gasteiger partial charge in [-0.3, -0.25) is 9.58 Å². The van der Waals surface area contributed by atoms with E-state index in [1.54, 1.807) is 6.07 Å². The van der Waals surface area contributed by atoms with Crippen molar-refractivity contribution in [2.75, 3.05) is 38.2 Å². The number of hydrogen-bond donors (Lipinski definition) is 1. The summed E-state index contributed by atoms with van der Waals surface area (Å²) in [5, 5.41) is 7.72. The summed E-state index contributed by atoms with van der Waals surface area (Å²) >= 11 is 0. The molecule has 26 heavy (non-hydrogen) atoms. The third-order valence-corrected chi connectivity index (χ3v) is 4.93. The van der Waals surface area contributed by atoms with Crippen molar-refractivity contribution < 1.29 is 13.9 Å². The number of anilines is 1. The number of hydrogen-bond acceptors (Lipinski definition) is 5. The Bertz CT molecular complexity index is 722. The SMILES string of the molecule is Cc1ccn(CCN2C[C@@H]3OCC(Nc4cccc(F)c4)CO[C@H]3C2)n1. The Morgan fingerprint density at radius 2 is 1.92 bits per heavy atom. The average Bonchev–Trinajstić information content (AvgIpc) is 3.17. The van der Waals surface area contributed by atoms with Crippen molar-refractivity contribution in [3.8, 4) is 0 Å². The van der Waals surface area contributed by atoms with Crippen LogP contribution in [-0.4, -0.2) is 65.8 Å². The first kappa shape index (κ1) is 17.5. The van der Waals surface area contributed by atoms with Gasteiger partial charge in [0.2, 0.25) is 0 Å². The Hall–Kier alpha value is -1.96. The van der Waals surface area contributed by atoms with E-state index in [9.17, 15) is 4.39 Å². The molecule has 0 spiro atoms. The first-order chi connectivity index (χ1) is 12.7. The van der Waals surface area contributed by atoms with Gasteiger partial charge < -0.3 is 14.8 Å². The number of fused-ring (bicyclic) bond motifs is 1. The Morgan fingerprint density at radius 3 is 2.58 bits per heavy atom. The molecule has 3 heterocycles. The van der Waals surface area contributed by atoms with Gasteiger partial charge in [0.25, 0.3) is 0 Å². The Labute approximate surface area is 152 Å². The van der Waals surface area contributed by atoms with Gasteiger partial charge in [-0.25, -0.2) is 4.39 Å². The maximum Gasteiger partial charge on any atom is 0.125 e. The van der Waals surface area contributed by atoms with E-state index < -0.39 is 0 Å². The van der Waals surface area contributed by atoms with Crippen LogP contribution in [-0.2, 0) is 16.0 Å². The van der Waals surface area contributed by atoms with E-state index in [0.29, 0.717) is 13.2 Å². The molecule has 6 nitrogen and oxygen atoms in total. The predicted octanol–water partition coefficient (Wildman–Crippen LogP) is 1.91. The highest BCUT2D eigenvalue weighted by Crippen LogP contribution is 2.21. The maximum atomic E-state index is 13.3. The van der Waals surface area contributed by atoms with Crippen LogP contribution in [0.5, 0.6) is 0 Å². The van der Waals surface area contributed by atoms with Gasteiger partial charge in [-0.15, -0.1) is 0 Å². The lowest BCUT2D eigenvalue weighted by Crippen LogP contribution is -2.32. The summed E-state index contributed by atoms with van der Waals surface area (Å²) in [6, 6.07) is 8.53. The van der Waals surface area contributed by atoms with E-state index in [1.165, 1.54) is 12.1 Å². The number of aromatic nitrogens is 2. The molecule has 2 aliphatic rings. The van der Waals surface area contributed by atoms with Crippen LogP contribution in [0.15, 0.2) is 36.5 Å². The van der Waals surface area contributed by atoms with Crippen LogP contribution in [0.2, 0.25) is 0 Å². The lowest BCUT2D eigenvalue weighted by Gasteiger charge is -2.20. The first-order valence-electron chi connectivity index (χ1n) is 9.13. The fourth-order valence-electron chi connectivity index (χ4n) is 3.58. The van der Waals surface area contributed by atoms with Gasteiger partial charge >= 0.3 is 0 Å². The second kappa shape index (κ2) is 7.73. The zero-order valence-electron chi connectivity index (χ0n) is 15.0. The van der Waals surface area contributed by atoms with Crippen LogP contribution in [0.3, 0.4) is 0 Å².